The van der Waals surface area contributed by atoms with E-state index < -0.39 is 10.0 Å². The van der Waals surface area contributed by atoms with Crippen molar-refractivity contribution in [2.45, 2.75) is 51.9 Å². The first-order valence-electron chi connectivity index (χ1n) is 8.57. The van der Waals surface area contributed by atoms with Gasteiger partial charge >= 0.3 is 0 Å². The molecule has 0 spiro atoms. The summed E-state index contributed by atoms with van der Waals surface area (Å²) < 4.78 is 26.0. The minimum Gasteiger partial charge on any atom is -0.326 e. The Labute approximate surface area is 145 Å². The number of benzene rings is 1. The molecule has 2 rings (SSSR count). The summed E-state index contributed by atoms with van der Waals surface area (Å²) in [7, 11) is -3.32. The average Bonchev–Trinajstić information content (AvgIpc) is 2.54. The van der Waals surface area contributed by atoms with Crippen LogP contribution in [0, 0.1) is 0 Å². The maximum absolute atomic E-state index is 12.2. The van der Waals surface area contributed by atoms with Crippen LogP contribution in [0.25, 0.3) is 0 Å². The monoisotopic (exact) mass is 352 g/mol. The third kappa shape index (κ3) is 5.31. The zero-order chi connectivity index (χ0) is 17.8. The number of nitrogens with one attached hydrogen (secondary N) is 1. The third-order valence-electron chi connectivity index (χ3n) is 4.33. The van der Waals surface area contributed by atoms with Gasteiger partial charge in [-0.3, -0.25) is 4.79 Å². The van der Waals surface area contributed by atoms with E-state index in [0.29, 0.717) is 18.8 Å². The van der Waals surface area contributed by atoms with Crippen LogP contribution >= 0.6 is 0 Å². The van der Waals surface area contributed by atoms with Crippen LogP contribution in [-0.4, -0.2) is 37.5 Å². The lowest BCUT2D eigenvalue weighted by molar-refractivity contribution is -0.115. The number of hydrogen-bond acceptors (Lipinski definition) is 3. The second kappa shape index (κ2) is 7.66. The standard InChI is InChI=1S/C18H28N2O3S/c1-18(2,3)15-7-9-16(10-8-15)19-17(21)11-14-24(22,23)20-12-5-4-6-13-20/h7-10H,4-6,11-14H2,1-3H3,(H,19,21). The van der Waals surface area contributed by atoms with Gasteiger partial charge in [0.15, 0.2) is 0 Å². The molecule has 0 atom stereocenters. The number of rotatable bonds is 5. The molecule has 0 aliphatic carbocycles. The molecule has 1 amide bonds. The highest BCUT2D eigenvalue weighted by Gasteiger charge is 2.24. The summed E-state index contributed by atoms with van der Waals surface area (Å²) in [6, 6.07) is 7.69. The summed E-state index contributed by atoms with van der Waals surface area (Å²) in [5, 5.41) is 2.77. The molecule has 1 aliphatic heterocycles. The van der Waals surface area contributed by atoms with Gasteiger partial charge in [0.05, 0.1) is 5.75 Å². The number of carbonyl (C=O) groups excluding carboxylic acids is 1. The van der Waals surface area contributed by atoms with Crippen molar-refractivity contribution in [2.75, 3.05) is 24.2 Å². The average molecular weight is 353 g/mol. The van der Waals surface area contributed by atoms with E-state index >= 15 is 0 Å². The van der Waals surface area contributed by atoms with Gasteiger partial charge in [0.1, 0.15) is 0 Å². The van der Waals surface area contributed by atoms with Crippen LogP contribution in [0.15, 0.2) is 24.3 Å². The Balaban J connectivity index is 1.87. The first-order valence-corrected chi connectivity index (χ1v) is 10.2. The maximum Gasteiger partial charge on any atom is 0.225 e. The lowest BCUT2D eigenvalue weighted by Crippen LogP contribution is -2.37. The van der Waals surface area contributed by atoms with Gasteiger partial charge in [0.25, 0.3) is 0 Å². The van der Waals surface area contributed by atoms with Crippen LogP contribution < -0.4 is 5.32 Å². The Kier molecular flexibility index (Phi) is 6.04. The molecule has 1 fully saturated rings. The molecule has 5 nitrogen and oxygen atoms in total. The Morgan fingerprint density at radius 3 is 2.21 bits per heavy atom. The van der Waals surface area contributed by atoms with Crippen LogP contribution in [0.5, 0.6) is 0 Å². The van der Waals surface area contributed by atoms with Crippen molar-refractivity contribution in [3.63, 3.8) is 0 Å². The molecule has 1 saturated heterocycles. The van der Waals surface area contributed by atoms with Crippen molar-refractivity contribution in [1.29, 1.82) is 0 Å². The fourth-order valence-corrected chi connectivity index (χ4v) is 4.29. The molecule has 0 unspecified atom stereocenters. The summed E-state index contributed by atoms with van der Waals surface area (Å²) in [4.78, 5) is 12.0. The number of amides is 1. The number of nitrogens with zero attached hydrogens (tertiary/aromatic N) is 1. The normalized spacial score (nSPS) is 16.8. The second-order valence-corrected chi connectivity index (χ2v) is 9.49. The Morgan fingerprint density at radius 1 is 1.08 bits per heavy atom. The SMILES string of the molecule is CC(C)(C)c1ccc(NC(=O)CCS(=O)(=O)N2CCCCC2)cc1. The quantitative estimate of drug-likeness (QED) is 0.885. The highest BCUT2D eigenvalue weighted by atomic mass is 32.2. The summed E-state index contributed by atoms with van der Waals surface area (Å²) in [6.45, 7) is 7.56. The van der Waals surface area contributed by atoms with E-state index in [-0.39, 0.29) is 23.5 Å². The van der Waals surface area contributed by atoms with Crippen LogP contribution in [0.4, 0.5) is 5.69 Å². The third-order valence-corrected chi connectivity index (χ3v) is 6.20. The van der Waals surface area contributed by atoms with E-state index in [4.69, 9.17) is 0 Å². The molecule has 1 aliphatic rings. The smallest absolute Gasteiger partial charge is 0.225 e. The number of carbonyl (C=O) groups is 1. The van der Waals surface area contributed by atoms with E-state index in [2.05, 4.69) is 26.1 Å². The lowest BCUT2D eigenvalue weighted by Gasteiger charge is -2.25. The zero-order valence-corrected chi connectivity index (χ0v) is 15.7. The summed E-state index contributed by atoms with van der Waals surface area (Å²) in [5.41, 5.74) is 1.95. The number of hydrogen-bond donors (Lipinski definition) is 1. The molecular weight excluding hydrogens is 324 g/mol. The molecule has 1 aromatic rings. The molecular formula is C18H28N2O3S. The van der Waals surface area contributed by atoms with Crippen LogP contribution in [0.2, 0.25) is 0 Å². The van der Waals surface area contributed by atoms with E-state index in [1.54, 1.807) is 0 Å². The van der Waals surface area contributed by atoms with Gasteiger partial charge in [-0.1, -0.05) is 39.3 Å². The molecule has 1 heterocycles. The van der Waals surface area contributed by atoms with Gasteiger partial charge in [-0.15, -0.1) is 0 Å². The molecule has 24 heavy (non-hydrogen) atoms. The largest absolute Gasteiger partial charge is 0.326 e. The Bertz CT molecular complexity index is 654. The van der Waals surface area contributed by atoms with Crippen LogP contribution in [-0.2, 0) is 20.2 Å². The van der Waals surface area contributed by atoms with E-state index in [0.717, 1.165) is 19.3 Å². The number of anilines is 1. The van der Waals surface area contributed by atoms with Gasteiger partial charge in [0, 0.05) is 25.2 Å². The Hall–Kier alpha value is -1.40. The first-order chi connectivity index (χ1) is 11.2. The fourth-order valence-electron chi connectivity index (χ4n) is 2.77. The topological polar surface area (TPSA) is 66.5 Å². The predicted molar refractivity (Wildman–Crippen MR) is 97.6 cm³/mol. The molecule has 0 saturated carbocycles. The van der Waals surface area contributed by atoms with Gasteiger partial charge in [-0.25, -0.2) is 12.7 Å². The van der Waals surface area contributed by atoms with Crippen molar-refractivity contribution in [1.82, 2.24) is 4.31 Å². The number of sulfonamides is 1. The van der Waals surface area contributed by atoms with Crippen molar-refractivity contribution in [3.05, 3.63) is 29.8 Å². The molecule has 0 bridgehead atoms. The van der Waals surface area contributed by atoms with Crippen molar-refractivity contribution >= 4 is 21.6 Å². The van der Waals surface area contributed by atoms with E-state index in [1.807, 2.05) is 24.3 Å². The minimum absolute atomic E-state index is 0.0140. The fraction of sp³-hybridized carbons (Fsp3) is 0.611. The predicted octanol–water partition coefficient (Wildman–Crippen LogP) is 3.13. The summed E-state index contributed by atoms with van der Waals surface area (Å²) >= 11 is 0. The van der Waals surface area contributed by atoms with Gasteiger partial charge in [0.2, 0.25) is 15.9 Å². The number of piperidine rings is 1. The summed E-state index contributed by atoms with van der Waals surface area (Å²) in [5.74, 6) is -0.391. The lowest BCUT2D eigenvalue weighted by atomic mass is 9.87. The summed E-state index contributed by atoms with van der Waals surface area (Å²) in [6.07, 6.45) is 2.88. The van der Waals surface area contributed by atoms with Crippen LogP contribution in [0.3, 0.4) is 0 Å². The highest BCUT2D eigenvalue weighted by molar-refractivity contribution is 7.89. The van der Waals surface area contributed by atoms with Crippen LogP contribution in [0.1, 0.15) is 52.0 Å². The Morgan fingerprint density at radius 2 is 1.67 bits per heavy atom. The molecule has 6 heteroatoms. The second-order valence-electron chi connectivity index (χ2n) is 7.40. The first kappa shape index (κ1) is 18.9. The zero-order valence-electron chi connectivity index (χ0n) is 14.8. The minimum atomic E-state index is -3.32. The highest BCUT2D eigenvalue weighted by Crippen LogP contribution is 2.23. The van der Waals surface area contributed by atoms with Crippen molar-refractivity contribution in [3.8, 4) is 0 Å². The molecule has 134 valence electrons. The van der Waals surface area contributed by atoms with Crippen molar-refractivity contribution < 1.29 is 13.2 Å². The van der Waals surface area contributed by atoms with Gasteiger partial charge in [-0.05, 0) is 36.0 Å². The molecule has 0 aromatic heterocycles. The van der Waals surface area contributed by atoms with Gasteiger partial charge in [-0.2, -0.15) is 0 Å². The van der Waals surface area contributed by atoms with E-state index in [9.17, 15) is 13.2 Å². The maximum atomic E-state index is 12.2. The molecule has 1 N–H and O–H groups in total. The van der Waals surface area contributed by atoms with Gasteiger partial charge < -0.3 is 5.32 Å². The van der Waals surface area contributed by atoms with E-state index in [1.165, 1.54) is 9.87 Å². The molecule has 0 radical (unpaired) electrons. The molecule has 1 aromatic carbocycles. The van der Waals surface area contributed by atoms with Crippen molar-refractivity contribution in [2.24, 2.45) is 0 Å².